The second-order valence-electron chi connectivity index (χ2n) is 6.06. The normalized spacial score (nSPS) is 14.0. The van der Waals surface area contributed by atoms with E-state index in [-0.39, 0.29) is 23.1 Å². The number of amides is 1. The molecule has 7 nitrogen and oxygen atoms in total. The van der Waals surface area contributed by atoms with Crippen molar-refractivity contribution in [2.75, 3.05) is 0 Å². The number of carbonyl (C=O) groups excluding carboxylic acids is 2. The van der Waals surface area contributed by atoms with Gasteiger partial charge in [0, 0.05) is 11.6 Å². The Hall–Kier alpha value is -2.71. The van der Waals surface area contributed by atoms with Crippen LogP contribution in [0.2, 0.25) is 0 Å². The van der Waals surface area contributed by atoms with Gasteiger partial charge in [0.1, 0.15) is 6.61 Å². The maximum absolute atomic E-state index is 12.1. The number of sulfonamides is 1. The first-order valence-electron chi connectivity index (χ1n) is 8.03. The molecule has 0 aromatic heterocycles. The molecule has 0 heterocycles. The number of benzene rings is 2. The molecular formula is C18H18N2O5S. The Morgan fingerprint density at radius 2 is 1.58 bits per heavy atom. The number of hydrogen-bond donors (Lipinski definition) is 2. The third kappa shape index (κ3) is 4.47. The van der Waals surface area contributed by atoms with Gasteiger partial charge in [0.15, 0.2) is 0 Å². The molecule has 1 fully saturated rings. The van der Waals surface area contributed by atoms with E-state index in [1.165, 1.54) is 24.3 Å². The third-order valence-corrected chi connectivity index (χ3v) is 5.44. The van der Waals surface area contributed by atoms with E-state index >= 15 is 0 Å². The fraction of sp³-hybridized carbons (Fsp3) is 0.222. The highest BCUT2D eigenvalue weighted by atomic mass is 32.2. The SMILES string of the molecule is NC(=O)c1ccc(COC(=O)c2ccc(S(=O)(=O)NC3CC3)cc2)cc1. The zero-order valence-electron chi connectivity index (χ0n) is 13.8. The van der Waals surface area contributed by atoms with Crippen LogP contribution in [0.25, 0.3) is 0 Å². The fourth-order valence-electron chi connectivity index (χ4n) is 2.26. The van der Waals surface area contributed by atoms with Crippen LogP contribution >= 0.6 is 0 Å². The first kappa shape index (κ1) is 18.1. The lowest BCUT2D eigenvalue weighted by Gasteiger charge is -2.08. The van der Waals surface area contributed by atoms with Gasteiger partial charge < -0.3 is 10.5 Å². The molecule has 3 rings (SSSR count). The van der Waals surface area contributed by atoms with E-state index in [0.29, 0.717) is 11.1 Å². The Labute approximate surface area is 151 Å². The van der Waals surface area contributed by atoms with Crippen LogP contribution in [0, 0.1) is 0 Å². The Bertz CT molecular complexity index is 917. The Morgan fingerprint density at radius 1 is 1.00 bits per heavy atom. The maximum Gasteiger partial charge on any atom is 0.338 e. The third-order valence-electron chi connectivity index (χ3n) is 3.91. The van der Waals surface area contributed by atoms with Gasteiger partial charge in [-0.2, -0.15) is 0 Å². The lowest BCUT2D eigenvalue weighted by atomic mass is 10.1. The Kier molecular flexibility index (Phi) is 5.06. The van der Waals surface area contributed by atoms with Gasteiger partial charge in [-0.25, -0.2) is 17.9 Å². The number of nitrogens with two attached hydrogens (primary N) is 1. The number of primary amides is 1. The molecule has 0 radical (unpaired) electrons. The van der Waals surface area contributed by atoms with E-state index in [1.807, 2.05) is 0 Å². The summed E-state index contributed by atoms with van der Waals surface area (Å²) in [5, 5.41) is 0. The molecule has 2 aromatic carbocycles. The molecule has 0 atom stereocenters. The highest BCUT2D eigenvalue weighted by molar-refractivity contribution is 7.89. The highest BCUT2D eigenvalue weighted by Gasteiger charge is 2.28. The van der Waals surface area contributed by atoms with Crippen LogP contribution in [0.4, 0.5) is 0 Å². The molecule has 0 spiro atoms. The molecule has 136 valence electrons. The summed E-state index contributed by atoms with van der Waals surface area (Å²) >= 11 is 0. The number of nitrogens with one attached hydrogen (secondary N) is 1. The molecule has 1 amide bonds. The van der Waals surface area contributed by atoms with Crippen molar-refractivity contribution >= 4 is 21.9 Å². The second kappa shape index (κ2) is 7.27. The van der Waals surface area contributed by atoms with E-state index in [1.54, 1.807) is 24.3 Å². The van der Waals surface area contributed by atoms with Crippen molar-refractivity contribution in [3.63, 3.8) is 0 Å². The topological polar surface area (TPSA) is 116 Å². The summed E-state index contributed by atoms with van der Waals surface area (Å²) in [6.07, 6.45) is 1.70. The summed E-state index contributed by atoms with van der Waals surface area (Å²) in [4.78, 5) is 23.2. The lowest BCUT2D eigenvalue weighted by Crippen LogP contribution is -2.25. The predicted octanol–water partition coefficient (Wildman–Crippen LogP) is 1.58. The number of ether oxygens (including phenoxy) is 1. The molecule has 0 saturated heterocycles. The highest BCUT2D eigenvalue weighted by Crippen LogP contribution is 2.22. The van der Waals surface area contributed by atoms with Crippen LogP contribution in [-0.2, 0) is 21.4 Å². The first-order chi connectivity index (χ1) is 12.3. The monoisotopic (exact) mass is 374 g/mol. The number of esters is 1. The van der Waals surface area contributed by atoms with E-state index < -0.39 is 21.9 Å². The van der Waals surface area contributed by atoms with Crippen LogP contribution in [0.1, 0.15) is 39.1 Å². The standard InChI is InChI=1S/C18H18N2O5S/c19-17(21)13-3-1-12(2-4-13)11-25-18(22)14-5-9-16(10-6-14)26(23,24)20-15-7-8-15/h1-6,9-10,15,20H,7-8,11H2,(H2,19,21). The zero-order valence-corrected chi connectivity index (χ0v) is 14.7. The van der Waals surface area contributed by atoms with Crippen molar-refractivity contribution in [1.29, 1.82) is 0 Å². The number of carbonyl (C=O) groups is 2. The van der Waals surface area contributed by atoms with Crippen LogP contribution in [0.3, 0.4) is 0 Å². The molecule has 1 aliphatic carbocycles. The minimum atomic E-state index is -3.55. The van der Waals surface area contributed by atoms with Gasteiger partial charge in [-0.1, -0.05) is 12.1 Å². The van der Waals surface area contributed by atoms with Gasteiger partial charge in [0.2, 0.25) is 15.9 Å². The first-order valence-corrected chi connectivity index (χ1v) is 9.52. The summed E-state index contributed by atoms with van der Waals surface area (Å²) < 4.78 is 32.0. The summed E-state index contributed by atoms with van der Waals surface area (Å²) in [5.41, 5.74) is 6.49. The average molecular weight is 374 g/mol. The van der Waals surface area contributed by atoms with Crippen LogP contribution < -0.4 is 10.5 Å². The van der Waals surface area contributed by atoms with Crippen molar-refractivity contribution in [2.24, 2.45) is 5.73 Å². The van der Waals surface area contributed by atoms with Gasteiger partial charge >= 0.3 is 5.97 Å². The molecule has 0 unspecified atom stereocenters. The quantitative estimate of drug-likeness (QED) is 0.714. The van der Waals surface area contributed by atoms with Gasteiger partial charge in [-0.05, 0) is 54.8 Å². The summed E-state index contributed by atoms with van der Waals surface area (Å²) in [6, 6.07) is 12.0. The van der Waals surface area contributed by atoms with Crippen LogP contribution in [0.5, 0.6) is 0 Å². The second-order valence-corrected chi connectivity index (χ2v) is 7.77. The van der Waals surface area contributed by atoms with Crippen molar-refractivity contribution < 1.29 is 22.7 Å². The number of hydrogen-bond acceptors (Lipinski definition) is 5. The summed E-state index contributed by atoms with van der Waals surface area (Å²) in [7, 11) is -3.55. The van der Waals surface area contributed by atoms with E-state index in [4.69, 9.17) is 10.5 Å². The van der Waals surface area contributed by atoms with Gasteiger partial charge in [-0.15, -0.1) is 0 Å². The van der Waals surface area contributed by atoms with Crippen molar-refractivity contribution in [3.05, 3.63) is 65.2 Å². The van der Waals surface area contributed by atoms with Crippen molar-refractivity contribution in [1.82, 2.24) is 4.72 Å². The molecular weight excluding hydrogens is 356 g/mol. The fourth-order valence-corrected chi connectivity index (χ4v) is 3.56. The zero-order chi connectivity index (χ0) is 18.7. The van der Waals surface area contributed by atoms with Gasteiger partial charge in [-0.3, -0.25) is 4.79 Å². The minimum Gasteiger partial charge on any atom is -0.457 e. The van der Waals surface area contributed by atoms with Crippen LogP contribution in [0.15, 0.2) is 53.4 Å². The smallest absolute Gasteiger partial charge is 0.338 e. The van der Waals surface area contributed by atoms with Crippen molar-refractivity contribution in [3.8, 4) is 0 Å². The van der Waals surface area contributed by atoms with E-state index in [2.05, 4.69) is 4.72 Å². The van der Waals surface area contributed by atoms with Gasteiger partial charge in [0.25, 0.3) is 0 Å². The minimum absolute atomic E-state index is 0.0191. The van der Waals surface area contributed by atoms with E-state index in [9.17, 15) is 18.0 Å². The Morgan fingerprint density at radius 3 is 2.12 bits per heavy atom. The maximum atomic E-state index is 12.1. The molecule has 1 aliphatic rings. The summed E-state index contributed by atoms with van der Waals surface area (Å²) in [5.74, 6) is -1.09. The molecule has 26 heavy (non-hydrogen) atoms. The van der Waals surface area contributed by atoms with Gasteiger partial charge in [0.05, 0.1) is 10.5 Å². The molecule has 1 saturated carbocycles. The molecule has 0 aliphatic heterocycles. The summed E-state index contributed by atoms with van der Waals surface area (Å²) in [6.45, 7) is 0.0289. The molecule has 8 heteroatoms. The lowest BCUT2D eigenvalue weighted by molar-refractivity contribution is 0.0472. The average Bonchev–Trinajstić information content (AvgIpc) is 3.43. The van der Waals surface area contributed by atoms with E-state index in [0.717, 1.165) is 12.8 Å². The molecule has 3 N–H and O–H groups in total. The number of rotatable bonds is 7. The van der Waals surface area contributed by atoms with Crippen LogP contribution in [-0.4, -0.2) is 26.3 Å². The largest absolute Gasteiger partial charge is 0.457 e. The van der Waals surface area contributed by atoms with Crippen molar-refractivity contribution in [2.45, 2.75) is 30.4 Å². The molecule has 2 aromatic rings. The predicted molar refractivity (Wildman–Crippen MR) is 93.9 cm³/mol. The molecule has 0 bridgehead atoms. The Balaban J connectivity index is 1.60.